The minimum Gasteiger partial charge on any atom is -0.466 e. The van der Waals surface area contributed by atoms with Crippen molar-refractivity contribution in [3.05, 3.63) is 82.8 Å². The van der Waals surface area contributed by atoms with E-state index in [1.54, 1.807) is 12.1 Å². The van der Waals surface area contributed by atoms with Gasteiger partial charge in [0.1, 0.15) is 5.82 Å². The number of fused-ring (bicyclic) bond motifs is 1. The zero-order valence-corrected chi connectivity index (χ0v) is 15.0. The first-order chi connectivity index (χ1) is 12.6. The number of hydrogen-bond donors (Lipinski definition) is 1. The van der Waals surface area contributed by atoms with Crippen LogP contribution in [0.1, 0.15) is 36.0 Å². The third-order valence-electron chi connectivity index (χ3n) is 4.59. The summed E-state index contributed by atoms with van der Waals surface area (Å²) in [5.74, 6) is -0.416. The summed E-state index contributed by atoms with van der Waals surface area (Å²) in [6, 6.07) is 15.0. The third kappa shape index (κ3) is 4.02. The van der Waals surface area contributed by atoms with Gasteiger partial charge in [0.25, 0.3) is 0 Å². The summed E-state index contributed by atoms with van der Waals surface area (Å²) in [4.78, 5) is 11.3. The number of nitrogens with one attached hydrogen (secondary N) is 1. The number of rotatable bonds is 6. The molecule has 1 unspecified atom stereocenters. The van der Waals surface area contributed by atoms with Crippen LogP contribution in [0.2, 0.25) is 0 Å². The second-order valence-corrected chi connectivity index (χ2v) is 6.36. The van der Waals surface area contributed by atoms with E-state index in [9.17, 15) is 9.18 Å². The molecule has 1 N–H and O–H groups in total. The monoisotopic (exact) mass is 351 g/mol. The summed E-state index contributed by atoms with van der Waals surface area (Å²) in [6.45, 7) is 2.54. The Morgan fingerprint density at radius 2 is 2.04 bits per heavy atom. The molecule has 0 aromatic heterocycles. The Morgan fingerprint density at radius 3 is 2.81 bits per heavy atom. The van der Waals surface area contributed by atoms with Gasteiger partial charge in [-0.25, -0.2) is 9.18 Å². The normalized spacial score (nSPS) is 16.0. The smallest absolute Gasteiger partial charge is 0.332 e. The van der Waals surface area contributed by atoms with Crippen LogP contribution >= 0.6 is 0 Å². The Labute approximate surface area is 153 Å². The number of carbonyl (C=O) groups is 1. The highest BCUT2D eigenvalue weighted by atomic mass is 19.1. The predicted octanol–water partition coefficient (Wildman–Crippen LogP) is 4.52. The van der Waals surface area contributed by atoms with Crippen LogP contribution in [0.25, 0.3) is 11.6 Å². The van der Waals surface area contributed by atoms with Gasteiger partial charge >= 0.3 is 5.97 Å². The molecule has 0 aliphatic heterocycles. The fourth-order valence-electron chi connectivity index (χ4n) is 3.36. The minimum absolute atomic E-state index is 0.187. The van der Waals surface area contributed by atoms with Gasteiger partial charge in [-0.3, -0.25) is 0 Å². The molecule has 3 rings (SSSR count). The van der Waals surface area contributed by atoms with Crippen LogP contribution in [0.15, 0.2) is 60.3 Å². The summed E-state index contributed by atoms with van der Waals surface area (Å²) in [5, 5.41) is 3.25. The van der Waals surface area contributed by atoms with Crippen molar-refractivity contribution in [3.63, 3.8) is 0 Å². The number of benzene rings is 2. The van der Waals surface area contributed by atoms with Crippen molar-refractivity contribution < 1.29 is 13.9 Å². The van der Waals surface area contributed by atoms with E-state index in [1.807, 2.05) is 25.1 Å². The van der Waals surface area contributed by atoms with Crippen molar-refractivity contribution in [1.82, 2.24) is 5.32 Å². The molecular formula is C22H22FNO2. The fourth-order valence-corrected chi connectivity index (χ4v) is 3.36. The first kappa shape index (κ1) is 17.9. The third-order valence-corrected chi connectivity index (χ3v) is 4.59. The van der Waals surface area contributed by atoms with E-state index in [0.29, 0.717) is 6.54 Å². The molecule has 2 aromatic carbocycles. The maximum atomic E-state index is 13.7. The molecule has 0 fully saturated rings. The largest absolute Gasteiger partial charge is 0.466 e. The fraction of sp³-hybridized carbons (Fsp3) is 0.227. The number of hydrogen-bond acceptors (Lipinski definition) is 3. The zero-order valence-electron chi connectivity index (χ0n) is 15.0. The maximum Gasteiger partial charge on any atom is 0.332 e. The lowest BCUT2D eigenvalue weighted by molar-refractivity contribution is -0.134. The molecule has 2 aromatic rings. The number of ether oxygens (including phenoxy) is 1. The number of allylic oxidation sites excluding steroid dienone is 2. The molecule has 0 heterocycles. The number of halogens is 1. The van der Waals surface area contributed by atoms with Gasteiger partial charge < -0.3 is 10.1 Å². The summed E-state index contributed by atoms with van der Waals surface area (Å²) < 4.78 is 18.3. The Hall–Kier alpha value is -2.88. The molecule has 3 nitrogen and oxygen atoms in total. The van der Waals surface area contributed by atoms with Gasteiger partial charge in [-0.15, -0.1) is 0 Å². The quantitative estimate of drug-likeness (QED) is 0.614. The van der Waals surface area contributed by atoms with E-state index in [2.05, 4.69) is 28.3 Å². The zero-order chi connectivity index (χ0) is 18.5. The van der Waals surface area contributed by atoms with Gasteiger partial charge in [-0.2, -0.15) is 0 Å². The second kappa shape index (κ2) is 8.00. The lowest BCUT2D eigenvalue weighted by atomic mass is 9.88. The molecule has 0 amide bonds. The van der Waals surface area contributed by atoms with Crippen molar-refractivity contribution in [3.8, 4) is 0 Å². The molecule has 0 saturated heterocycles. The van der Waals surface area contributed by atoms with Gasteiger partial charge in [-0.1, -0.05) is 42.5 Å². The van der Waals surface area contributed by atoms with Crippen molar-refractivity contribution >= 4 is 17.6 Å². The van der Waals surface area contributed by atoms with E-state index in [-0.39, 0.29) is 17.7 Å². The van der Waals surface area contributed by atoms with E-state index >= 15 is 0 Å². The minimum atomic E-state index is -0.374. The van der Waals surface area contributed by atoms with Gasteiger partial charge in [0.15, 0.2) is 0 Å². The Kier molecular flexibility index (Phi) is 5.52. The SMILES string of the molecule is COC(=O)/C=C(/C)NCCC1C(c2cccc(F)c2)=Cc2ccccc21. The van der Waals surface area contributed by atoms with Crippen LogP contribution < -0.4 is 5.32 Å². The highest BCUT2D eigenvalue weighted by Crippen LogP contribution is 2.43. The number of methoxy groups -OCH3 is 1. The molecule has 1 aliphatic carbocycles. The van der Waals surface area contributed by atoms with Crippen LogP contribution in [-0.2, 0) is 9.53 Å². The molecule has 0 radical (unpaired) electrons. The van der Waals surface area contributed by atoms with Crippen molar-refractivity contribution in [2.75, 3.05) is 13.7 Å². The van der Waals surface area contributed by atoms with E-state index < -0.39 is 0 Å². The Morgan fingerprint density at radius 1 is 1.23 bits per heavy atom. The van der Waals surface area contributed by atoms with Crippen molar-refractivity contribution in [1.29, 1.82) is 0 Å². The average Bonchev–Trinajstić information content (AvgIpc) is 3.00. The molecule has 134 valence electrons. The predicted molar refractivity (Wildman–Crippen MR) is 102 cm³/mol. The lowest BCUT2D eigenvalue weighted by Gasteiger charge is -2.18. The first-order valence-electron chi connectivity index (χ1n) is 8.65. The van der Waals surface area contributed by atoms with Crippen molar-refractivity contribution in [2.24, 2.45) is 0 Å². The number of esters is 1. The summed E-state index contributed by atoms with van der Waals surface area (Å²) in [7, 11) is 1.36. The summed E-state index contributed by atoms with van der Waals surface area (Å²) in [5.41, 5.74) is 5.23. The molecule has 1 atom stereocenters. The molecule has 0 saturated carbocycles. The van der Waals surface area contributed by atoms with E-state index in [1.165, 1.54) is 30.4 Å². The molecular weight excluding hydrogens is 329 g/mol. The van der Waals surface area contributed by atoms with Crippen LogP contribution in [-0.4, -0.2) is 19.6 Å². The summed E-state index contributed by atoms with van der Waals surface area (Å²) in [6.07, 6.45) is 4.42. The summed E-state index contributed by atoms with van der Waals surface area (Å²) >= 11 is 0. The van der Waals surface area contributed by atoms with E-state index in [0.717, 1.165) is 23.3 Å². The first-order valence-corrected chi connectivity index (χ1v) is 8.65. The molecule has 0 bridgehead atoms. The van der Waals surface area contributed by atoms with Crippen LogP contribution in [0, 0.1) is 5.82 Å². The Bertz CT molecular complexity index is 870. The molecule has 26 heavy (non-hydrogen) atoms. The van der Waals surface area contributed by atoms with Crippen LogP contribution in [0.5, 0.6) is 0 Å². The lowest BCUT2D eigenvalue weighted by Crippen LogP contribution is -2.17. The van der Waals surface area contributed by atoms with Crippen LogP contribution in [0.3, 0.4) is 0 Å². The standard InChI is InChI=1S/C22H22FNO2/c1-15(12-22(25)26-2)24-11-10-20-19-9-4-3-6-17(19)14-21(20)16-7-5-8-18(23)13-16/h3-9,12-14,20,24H,10-11H2,1-2H3/b15-12-. The van der Waals surface area contributed by atoms with Crippen LogP contribution in [0.4, 0.5) is 4.39 Å². The van der Waals surface area contributed by atoms with Gasteiger partial charge in [0.05, 0.1) is 7.11 Å². The second-order valence-electron chi connectivity index (χ2n) is 6.36. The molecule has 0 spiro atoms. The highest BCUT2D eigenvalue weighted by Gasteiger charge is 2.25. The van der Waals surface area contributed by atoms with Gasteiger partial charge in [0.2, 0.25) is 0 Å². The molecule has 4 heteroatoms. The van der Waals surface area contributed by atoms with Crippen molar-refractivity contribution in [2.45, 2.75) is 19.3 Å². The van der Waals surface area contributed by atoms with Gasteiger partial charge in [-0.05, 0) is 47.7 Å². The number of carbonyl (C=O) groups excluding carboxylic acids is 1. The Balaban J connectivity index is 1.78. The highest BCUT2D eigenvalue weighted by molar-refractivity contribution is 5.91. The topological polar surface area (TPSA) is 38.3 Å². The average molecular weight is 351 g/mol. The maximum absolute atomic E-state index is 13.7. The van der Waals surface area contributed by atoms with Gasteiger partial charge in [0, 0.05) is 24.2 Å². The van der Waals surface area contributed by atoms with E-state index in [4.69, 9.17) is 0 Å². The molecule has 1 aliphatic rings.